The molecule has 2 amide bonds. The highest BCUT2D eigenvalue weighted by atomic mass is 16.6. The van der Waals surface area contributed by atoms with E-state index in [1.165, 1.54) is 4.90 Å². The summed E-state index contributed by atoms with van der Waals surface area (Å²) in [6, 6.07) is 4.05. The number of hydrogen-bond donors (Lipinski definition) is 1. The highest BCUT2D eigenvalue weighted by molar-refractivity contribution is 5.95. The highest BCUT2D eigenvalue weighted by Crippen LogP contribution is 2.21. The zero-order valence-corrected chi connectivity index (χ0v) is 12.2. The first-order chi connectivity index (χ1) is 9.47. The summed E-state index contributed by atoms with van der Waals surface area (Å²) in [5, 5.41) is 2.89. The molecule has 0 unspecified atom stereocenters. The SMILES string of the molecule is Cc1cc(C)c(NC(=O)CN2CCCOC2=O)c(C)c1. The molecule has 0 atom stereocenters. The van der Waals surface area contributed by atoms with Crippen LogP contribution in [0.2, 0.25) is 0 Å². The van der Waals surface area contributed by atoms with Crippen LogP contribution in [0.5, 0.6) is 0 Å². The minimum atomic E-state index is -0.413. The average molecular weight is 276 g/mol. The lowest BCUT2D eigenvalue weighted by atomic mass is 10.1. The Labute approximate surface area is 118 Å². The van der Waals surface area contributed by atoms with Gasteiger partial charge in [-0.1, -0.05) is 17.7 Å². The fourth-order valence-electron chi connectivity index (χ4n) is 2.47. The number of aryl methyl sites for hydroxylation is 3. The average Bonchev–Trinajstić information content (AvgIpc) is 2.36. The van der Waals surface area contributed by atoms with Gasteiger partial charge in [0.25, 0.3) is 0 Å². The summed E-state index contributed by atoms with van der Waals surface area (Å²) in [5.41, 5.74) is 4.04. The van der Waals surface area contributed by atoms with Crippen LogP contribution in [-0.4, -0.2) is 36.6 Å². The molecule has 1 aliphatic heterocycles. The Balaban J connectivity index is 2.03. The lowest BCUT2D eigenvalue weighted by molar-refractivity contribution is -0.117. The van der Waals surface area contributed by atoms with Crippen LogP contribution in [0.3, 0.4) is 0 Å². The van der Waals surface area contributed by atoms with Crippen molar-refractivity contribution in [3.63, 3.8) is 0 Å². The second-order valence-electron chi connectivity index (χ2n) is 5.21. The molecule has 0 aromatic heterocycles. The van der Waals surface area contributed by atoms with Crippen molar-refractivity contribution in [3.8, 4) is 0 Å². The van der Waals surface area contributed by atoms with E-state index >= 15 is 0 Å². The molecule has 20 heavy (non-hydrogen) atoms. The fourth-order valence-corrected chi connectivity index (χ4v) is 2.47. The molecule has 1 aliphatic rings. The zero-order chi connectivity index (χ0) is 14.7. The predicted octanol–water partition coefficient (Wildman–Crippen LogP) is 2.39. The number of anilines is 1. The number of nitrogens with one attached hydrogen (secondary N) is 1. The number of cyclic esters (lactones) is 1. The summed E-state index contributed by atoms with van der Waals surface area (Å²) < 4.78 is 4.91. The van der Waals surface area contributed by atoms with Crippen molar-refractivity contribution in [2.45, 2.75) is 27.2 Å². The summed E-state index contributed by atoms with van der Waals surface area (Å²) in [6.45, 7) is 6.99. The van der Waals surface area contributed by atoms with E-state index in [1.54, 1.807) is 0 Å². The van der Waals surface area contributed by atoms with Gasteiger partial charge in [0.15, 0.2) is 0 Å². The smallest absolute Gasteiger partial charge is 0.410 e. The van der Waals surface area contributed by atoms with E-state index in [-0.39, 0.29) is 12.5 Å². The standard InChI is InChI=1S/C15H20N2O3/c1-10-7-11(2)14(12(3)8-10)16-13(18)9-17-5-4-6-20-15(17)19/h7-8H,4-6,9H2,1-3H3,(H,16,18). The lowest BCUT2D eigenvalue weighted by Gasteiger charge is -2.25. The van der Waals surface area contributed by atoms with Gasteiger partial charge in [-0.15, -0.1) is 0 Å². The molecule has 108 valence electrons. The van der Waals surface area contributed by atoms with Crippen molar-refractivity contribution in [3.05, 3.63) is 28.8 Å². The lowest BCUT2D eigenvalue weighted by Crippen LogP contribution is -2.42. The van der Waals surface area contributed by atoms with Crippen LogP contribution in [0.4, 0.5) is 10.5 Å². The van der Waals surface area contributed by atoms with Crippen LogP contribution in [0.25, 0.3) is 0 Å². The van der Waals surface area contributed by atoms with Gasteiger partial charge >= 0.3 is 6.09 Å². The number of amides is 2. The highest BCUT2D eigenvalue weighted by Gasteiger charge is 2.22. The van der Waals surface area contributed by atoms with Crippen molar-refractivity contribution in [1.29, 1.82) is 0 Å². The molecule has 1 N–H and O–H groups in total. The van der Waals surface area contributed by atoms with Crippen LogP contribution in [0, 0.1) is 20.8 Å². The van der Waals surface area contributed by atoms with Gasteiger partial charge in [0.1, 0.15) is 6.54 Å². The molecule has 0 saturated carbocycles. The first-order valence-electron chi connectivity index (χ1n) is 6.77. The molecule has 0 radical (unpaired) electrons. The summed E-state index contributed by atoms with van der Waals surface area (Å²) in [7, 11) is 0. The summed E-state index contributed by atoms with van der Waals surface area (Å²) in [6.07, 6.45) is 0.352. The normalized spacial score (nSPS) is 14.9. The topological polar surface area (TPSA) is 58.6 Å². The molecule has 1 fully saturated rings. The molecule has 5 heteroatoms. The Kier molecular flexibility index (Phi) is 4.27. The van der Waals surface area contributed by atoms with Crippen LogP contribution >= 0.6 is 0 Å². The second kappa shape index (κ2) is 5.94. The quantitative estimate of drug-likeness (QED) is 0.922. The fraction of sp³-hybridized carbons (Fsp3) is 0.467. The van der Waals surface area contributed by atoms with Crippen LogP contribution in [-0.2, 0) is 9.53 Å². The van der Waals surface area contributed by atoms with E-state index in [4.69, 9.17) is 4.74 Å². The van der Waals surface area contributed by atoms with Crippen LogP contribution < -0.4 is 5.32 Å². The van der Waals surface area contributed by atoms with Crippen molar-refractivity contribution < 1.29 is 14.3 Å². The van der Waals surface area contributed by atoms with Gasteiger partial charge in [-0.3, -0.25) is 9.69 Å². The third-order valence-electron chi connectivity index (χ3n) is 3.33. The first kappa shape index (κ1) is 14.4. The van der Waals surface area contributed by atoms with E-state index in [0.29, 0.717) is 13.2 Å². The van der Waals surface area contributed by atoms with Gasteiger partial charge < -0.3 is 10.1 Å². The van der Waals surface area contributed by atoms with Gasteiger partial charge in [-0.05, 0) is 38.3 Å². The second-order valence-corrected chi connectivity index (χ2v) is 5.21. The number of carbonyl (C=O) groups is 2. The first-order valence-corrected chi connectivity index (χ1v) is 6.77. The van der Waals surface area contributed by atoms with E-state index in [2.05, 4.69) is 5.32 Å². The number of carbonyl (C=O) groups excluding carboxylic acids is 2. The maximum atomic E-state index is 12.1. The van der Waals surface area contributed by atoms with Crippen molar-refractivity contribution in [1.82, 2.24) is 4.90 Å². The number of benzene rings is 1. The minimum absolute atomic E-state index is 0.0333. The Morgan fingerprint density at radius 1 is 1.30 bits per heavy atom. The molecule has 0 spiro atoms. The Hall–Kier alpha value is -2.04. The molecule has 2 rings (SSSR count). The van der Waals surface area contributed by atoms with E-state index < -0.39 is 6.09 Å². The number of hydrogen-bond acceptors (Lipinski definition) is 3. The molecule has 5 nitrogen and oxygen atoms in total. The molecule has 0 bridgehead atoms. The van der Waals surface area contributed by atoms with Gasteiger partial charge in [0.2, 0.25) is 5.91 Å². The van der Waals surface area contributed by atoms with Gasteiger partial charge in [0, 0.05) is 12.2 Å². The maximum absolute atomic E-state index is 12.1. The molecule has 1 aromatic rings. The number of rotatable bonds is 3. The third-order valence-corrected chi connectivity index (χ3v) is 3.33. The van der Waals surface area contributed by atoms with Crippen molar-refractivity contribution in [2.75, 3.05) is 25.0 Å². The van der Waals surface area contributed by atoms with Gasteiger partial charge in [0.05, 0.1) is 6.61 Å². The van der Waals surface area contributed by atoms with E-state index in [1.807, 2.05) is 32.9 Å². The van der Waals surface area contributed by atoms with Gasteiger partial charge in [-0.25, -0.2) is 4.79 Å². The Bertz CT molecular complexity index is 517. The number of ether oxygens (including phenoxy) is 1. The molecule has 1 saturated heterocycles. The maximum Gasteiger partial charge on any atom is 0.410 e. The van der Waals surface area contributed by atoms with E-state index in [9.17, 15) is 9.59 Å². The van der Waals surface area contributed by atoms with Crippen molar-refractivity contribution in [2.24, 2.45) is 0 Å². The Morgan fingerprint density at radius 3 is 2.55 bits per heavy atom. The summed E-state index contributed by atoms with van der Waals surface area (Å²) in [5.74, 6) is -0.195. The van der Waals surface area contributed by atoms with Crippen molar-refractivity contribution >= 4 is 17.7 Å². The van der Waals surface area contributed by atoms with Crippen LogP contribution in [0.1, 0.15) is 23.1 Å². The molecule has 1 aromatic carbocycles. The van der Waals surface area contributed by atoms with E-state index in [0.717, 1.165) is 28.8 Å². The van der Waals surface area contributed by atoms with Crippen LogP contribution in [0.15, 0.2) is 12.1 Å². The zero-order valence-electron chi connectivity index (χ0n) is 12.2. The predicted molar refractivity (Wildman–Crippen MR) is 76.8 cm³/mol. The monoisotopic (exact) mass is 276 g/mol. The summed E-state index contributed by atoms with van der Waals surface area (Å²) in [4.78, 5) is 25.0. The molecular formula is C15H20N2O3. The Morgan fingerprint density at radius 2 is 1.95 bits per heavy atom. The molecule has 0 aliphatic carbocycles. The molecular weight excluding hydrogens is 256 g/mol. The minimum Gasteiger partial charge on any atom is -0.449 e. The molecule has 1 heterocycles. The van der Waals surface area contributed by atoms with Gasteiger partial charge in [-0.2, -0.15) is 0 Å². The third kappa shape index (κ3) is 3.29. The summed E-state index contributed by atoms with van der Waals surface area (Å²) >= 11 is 0. The largest absolute Gasteiger partial charge is 0.449 e. The number of nitrogens with zero attached hydrogens (tertiary/aromatic N) is 1.